The lowest BCUT2D eigenvalue weighted by Gasteiger charge is -2.00. The Morgan fingerprint density at radius 3 is 3.00 bits per heavy atom. The molecule has 0 radical (unpaired) electrons. The van der Waals surface area contributed by atoms with E-state index in [0.717, 1.165) is 5.57 Å². The summed E-state index contributed by atoms with van der Waals surface area (Å²) in [5, 5.41) is 7.55. The Kier molecular flexibility index (Phi) is 1.39. The lowest BCUT2D eigenvalue weighted by molar-refractivity contribution is 0.348. The van der Waals surface area contributed by atoms with Crippen molar-refractivity contribution in [3.63, 3.8) is 0 Å². The van der Waals surface area contributed by atoms with E-state index in [1.807, 2.05) is 0 Å². The number of hydrogen-bond donors (Lipinski definition) is 1. The van der Waals surface area contributed by atoms with Crippen molar-refractivity contribution in [2.45, 2.75) is 0 Å². The summed E-state index contributed by atoms with van der Waals surface area (Å²) in [6.07, 6.45) is 1.60. The highest BCUT2D eigenvalue weighted by Gasteiger charge is 2.03. The minimum Gasteiger partial charge on any atom is -0.231 e. The van der Waals surface area contributed by atoms with Gasteiger partial charge in [0.2, 0.25) is 0 Å². The maximum atomic E-state index is 5.23. The van der Waals surface area contributed by atoms with Crippen LogP contribution in [0.15, 0.2) is 10.7 Å². The van der Waals surface area contributed by atoms with E-state index in [0.29, 0.717) is 6.54 Å². The van der Waals surface area contributed by atoms with Gasteiger partial charge in [0.25, 0.3) is 0 Å². The van der Waals surface area contributed by atoms with Crippen molar-refractivity contribution >= 4 is 23.5 Å². The van der Waals surface area contributed by atoms with E-state index in [-0.39, 0.29) is 0 Å². The molecule has 0 saturated carbocycles. The van der Waals surface area contributed by atoms with Crippen LogP contribution in [0.25, 0.3) is 0 Å². The Morgan fingerprint density at radius 1 is 2.00 bits per heavy atom. The molecule has 8 heavy (non-hydrogen) atoms. The summed E-state index contributed by atoms with van der Waals surface area (Å²) in [4.78, 5) is 0. The van der Waals surface area contributed by atoms with Gasteiger partial charge in [-0.2, -0.15) is 5.10 Å². The Balaban J connectivity index is 2.73. The number of nitrogens with two attached hydrogens (primary N) is 1. The molecule has 0 aromatic heterocycles. The molecular formula is C4H5N3S. The molecule has 0 aromatic rings. The molecule has 42 valence electrons. The van der Waals surface area contributed by atoms with Crippen molar-refractivity contribution in [3.05, 3.63) is 5.57 Å². The summed E-state index contributed by atoms with van der Waals surface area (Å²) in [5.74, 6) is 5.23. The molecule has 1 aliphatic heterocycles. The van der Waals surface area contributed by atoms with Gasteiger partial charge in [0.1, 0.15) is 0 Å². The van der Waals surface area contributed by atoms with Crippen molar-refractivity contribution in [2.75, 3.05) is 6.54 Å². The molecule has 1 aliphatic rings. The third-order valence-electron chi connectivity index (χ3n) is 0.825. The van der Waals surface area contributed by atoms with Crippen LogP contribution in [0, 0.1) is 0 Å². The van der Waals surface area contributed by atoms with E-state index < -0.39 is 0 Å². The fraction of sp³-hybridized carbons (Fsp3) is 0.250. The number of rotatable bonds is 0. The molecule has 3 nitrogen and oxygen atoms in total. The van der Waals surface area contributed by atoms with Crippen LogP contribution >= 0.6 is 12.2 Å². The molecule has 0 aromatic carbocycles. The van der Waals surface area contributed by atoms with Gasteiger partial charge in [-0.05, 0) is 17.2 Å². The Labute approximate surface area is 52.4 Å². The van der Waals surface area contributed by atoms with E-state index in [2.05, 4.69) is 22.3 Å². The van der Waals surface area contributed by atoms with Gasteiger partial charge in [0, 0.05) is 5.57 Å². The summed E-state index contributed by atoms with van der Waals surface area (Å²) in [7, 11) is 0. The normalized spacial score (nSPS) is 17.1. The van der Waals surface area contributed by atoms with E-state index in [1.54, 1.807) is 6.21 Å². The Hall–Kier alpha value is -0.700. The van der Waals surface area contributed by atoms with E-state index in [9.17, 15) is 0 Å². The van der Waals surface area contributed by atoms with Crippen LogP contribution in [-0.4, -0.2) is 22.9 Å². The van der Waals surface area contributed by atoms with Gasteiger partial charge >= 0.3 is 0 Å². The first kappa shape index (κ1) is 5.44. The van der Waals surface area contributed by atoms with Crippen molar-refractivity contribution in [1.29, 1.82) is 0 Å². The maximum Gasteiger partial charge on any atom is 0.0877 e. The smallest absolute Gasteiger partial charge is 0.0877 e. The quantitative estimate of drug-likeness (QED) is 0.358. The van der Waals surface area contributed by atoms with Gasteiger partial charge < -0.3 is 0 Å². The minimum atomic E-state index is 0.587. The first-order valence-corrected chi connectivity index (χ1v) is 2.54. The zero-order chi connectivity index (χ0) is 5.98. The van der Waals surface area contributed by atoms with Crippen molar-refractivity contribution < 1.29 is 0 Å². The van der Waals surface area contributed by atoms with Crippen LogP contribution in [0.2, 0.25) is 0 Å². The number of hydrogen-bond acceptors (Lipinski definition) is 4. The molecule has 0 aliphatic carbocycles. The predicted octanol–water partition coefficient (Wildman–Crippen LogP) is -0.314. The van der Waals surface area contributed by atoms with Crippen LogP contribution in [-0.2, 0) is 0 Å². The topological polar surface area (TPSA) is 41.6 Å². The third kappa shape index (κ3) is 0.924. The van der Waals surface area contributed by atoms with Gasteiger partial charge in [0.15, 0.2) is 0 Å². The summed E-state index contributed by atoms with van der Waals surface area (Å²) in [5.41, 5.74) is 0.863. The second-order valence-corrected chi connectivity index (χ2v) is 1.67. The van der Waals surface area contributed by atoms with Gasteiger partial charge in [-0.15, -0.1) is 0 Å². The van der Waals surface area contributed by atoms with Gasteiger partial charge in [-0.1, -0.05) is 0 Å². The molecule has 2 N–H and O–H groups in total. The molecule has 0 spiro atoms. The highest BCUT2D eigenvalue weighted by Crippen LogP contribution is 1.95. The second-order valence-electron chi connectivity index (χ2n) is 1.47. The molecule has 0 unspecified atom stereocenters. The minimum absolute atomic E-state index is 0.587. The van der Waals surface area contributed by atoms with Crippen LogP contribution in [0.5, 0.6) is 0 Å². The van der Waals surface area contributed by atoms with Crippen LogP contribution in [0.4, 0.5) is 0 Å². The Bertz CT molecular complexity index is 168. The summed E-state index contributed by atoms with van der Waals surface area (Å²) >= 11 is 4.50. The van der Waals surface area contributed by atoms with Crippen molar-refractivity contribution in [1.82, 2.24) is 5.12 Å². The SMILES string of the molecule is NN1CC(=C=S)C=N1. The second kappa shape index (κ2) is 2.05. The highest BCUT2D eigenvalue weighted by molar-refractivity contribution is 7.78. The molecule has 0 fully saturated rings. The average Bonchev–Trinajstić information content (AvgIpc) is 2.14. The first-order chi connectivity index (χ1) is 3.83. The lowest BCUT2D eigenvalue weighted by Crippen LogP contribution is -2.22. The first-order valence-electron chi connectivity index (χ1n) is 2.13. The largest absolute Gasteiger partial charge is 0.231 e. The summed E-state index contributed by atoms with van der Waals surface area (Å²) in [6, 6.07) is 0. The van der Waals surface area contributed by atoms with Gasteiger partial charge in [0.05, 0.1) is 12.8 Å². The van der Waals surface area contributed by atoms with Crippen LogP contribution in [0.3, 0.4) is 0 Å². The van der Waals surface area contributed by atoms with Crippen LogP contribution < -0.4 is 5.84 Å². The van der Waals surface area contributed by atoms with Gasteiger partial charge in [-0.25, -0.2) is 11.0 Å². The molecular weight excluding hydrogens is 122 g/mol. The molecule has 0 bridgehead atoms. The third-order valence-corrected chi connectivity index (χ3v) is 1.09. The average molecular weight is 127 g/mol. The monoisotopic (exact) mass is 127 g/mol. The summed E-state index contributed by atoms with van der Waals surface area (Å²) in [6.45, 7) is 0.587. The number of nitrogens with zero attached hydrogens (tertiary/aromatic N) is 2. The zero-order valence-electron chi connectivity index (χ0n) is 4.16. The maximum absolute atomic E-state index is 5.23. The van der Waals surface area contributed by atoms with Crippen LogP contribution in [0.1, 0.15) is 0 Å². The van der Waals surface area contributed by atoms with E-state index >= 15 is 0 Å². The molecule has 1 rings (SSSR count). The van der Waals surface area contributed by atoms with Crippen molar-refractivity contribution in [3.8, 4) is 0 Å². The molecule has 0 amide bonds. The zero-order valence-corrected chi connectivity index (χ0v) is 4.98. The highest BCUT2D eigenvalue weighted by atomic mass is 32.1. The van der Waals surface area contributed by atoms with Gasteiger partial charge in [-0.3, -0.25) is 0 Å². The summed E-state index contributed by atoms with van der Waals surface area (Å²) < 4.78 is 0. The van der Waals surface area contributed by atoms with E-state index in [4.69, 9.17) is 5.84 Å². The number of thiocarbonyl (C=S) groups is 1. The Morgan fingerprint density at radius 2 is 2.75 bits per heavy atom. The molecule has 4 heteroatoms. The number of hydrazone groups is 1. The number of hydrazine groups is 1. The molecule has 0 atom stereocenters. The van der Waals surface area contributed by atoms with Crippen molar-refractivity contribution in [2.24, 2.45) is 10.9 Å². The van der Waals surface area contributed by atoms with E-state index in [1.165, 1.54) is 5.12 Å². The lowest BCUT2D eigenvalue weighted by atomic mass is 10.4. The molecule has 1 heterocycles. The fourth-order valence-electron chi connectivity index (χ4n) is 0.459. The molecule has 0 saturated heterocycles. The predicted molar refractivity (Wildman–Crippen MR) is 35.5 cm³/mol. The standard InChI is InChI=1S/C4H5N3S/c5-7-2-4(3-8)1-6-7/h1H,2,5H2. The fourth-order valence-corrected chi connectivity index (χ4v) is 0.576.